The fourth-order valence-electron chi connectivity index (χ4n) is 8.73. The topological polar surface area (TPSA) is 620 Å². The molecule has 37 nitrogen and oxygen atoms in total. The summed E-state index contributed by atoms with van der Waals surface area (Å²) in [5.41, 5.74) is 27.3. The highest BCUT2D eigenvalue weighted by molar-refractivity contribution is 7.98. The number of guanidine groups is 1. The third kappa shape index (κ3) is 33.1. The van der Waals surface area contributed by atoms with Crippen LogP contribution in [0.2, 0.25) is 0 Å². The molecule has 0 fully saturated rings. The van der Waals surface area contributed by atoms with Crippen molar-refractivity contribution in [1.82, 2.24) is 68.5 Å². The van der Waals surface area contributed by atoms with E-state index in [4.69, 9.17) is 28.7 Å². The Hall–Kier alpha value is -9.20. The van der Waals surface area contributed by atoms with Crippen molar-refractivity contribution in [2.24, 2.45) is 45.5 Å². The van der Waals surface area contributed by atoms with E-state index in [1.165, 1.54) is 24.3 Å². The normalized spacial score (nSPS) is 14.5. The number of carbonyl (C=O) groups excluding carboxylic acids is 13. The summed E-state index contributed by atoms with van der Waals surface area (Å²) in [6, 6.07) is -15.8. The van der Waals surface area contributed by atoms with Crippen LogP contribution in [0.3, 0.4) is 0 Å². The van der Waals surface area contributed by atoms with Crippen molar-refractivity contribution in [3.05, 3.63) is 18.2 Å². The van der Waals surface area contributed by atoms with Crippen molar-refractivity contribution < 1.29 is 87.2 Å². The number of carboxylic acid groups (broad SMARTS) is 2. The molecule has 0 aromatic carbocycles. The van der Waals surface area contributed by atoms with Crippen molar-refractivity contribution in [2.45, 2.75) is 179 Å². The number of primary amides is 2. The van der Waals surface area contributed by atoms with Crippen LogP contribution in [0.25, 0.3) is 0 Å². The van der Waals surface area contributed by atoms with Crippen molar-refractivity contribution in [2.75, 3.05) is 38.2 Å². The van der Waals surface area contributed by atoms with Gasteiger partial charge in [0.25, 0.3) is 0 Å². The molecular weight excluding hydrogens is 1250 g/mol. The van der Waals surface area contributed by atoms with E-state index >= 15 is 0 Å². The number of thioether (sulfide) groups is 1. The van der Waals surface area contributed by atoms with E-state index in [-0.39, 0.29) is 87.8 Å². The molecule has 0 bridgehead atoms. The van der Waals surface area contributed by atoms with Crippen LogP contribution in [0.1, 0.15) is 117 Å². The van der Waals surface area contributed by atoms with Crippen LogP contribution in [-0.4, -0.2) is 219 Å². The summed E-state index contributed by atoms with van der Waals surface area (Å²) in [6.45, 7) is 6.15. The van der Waals surface area contributed by atoms with Gasteiger partial charge >= 0.3 is 11.9 Å². The van der Waals surface area contributed by atoms with E-state index in [9.17, 15) is 87.2 Å². The molecule has 522 valence electrons. The van der Waals surface area contributed by atoms with E-state index in [0.29, 0.717) is 6.42 Å². The van der Waals surface area contributed by atoms with Crippen LogP contribution in [0.4, 0.5) is 0 Å². The first-order chi connectivity index (χ1) is 43.8. The van der Waals surface area contributed by atoms with Gasteiger partial charge in [-0.05, 0) is 81.8 Å². The lowest BCUT2D eigenvalue weighted by atomic mass is 9.97. The van der Waals surface area contributed by atoms with E-state index in [1.807, 2.05) is 0 Å². The number of aliphatic hydroxyl groups is 1. The molecule has 0 saturated heterocycles. The number of carbonyl (C=O) groups is 15. The first-order valence-corrected chi connectivity index (χ1v) is 31.3. The van der Waals surface area contributed by atoms with Gasteiger partial charge in [0.1, 0.15) is 60.4 Å². The summed E-state index contributed by atoms with van der Waals surface area (Å²) < 4.78 is 0. The number of imidazole rings is 1. The van der Waals surface area contributed by atoms with Gasteiger partial charge in [0, 0.05) is 38.2 Å². The number of rotatable bonds is 47. The maximum atomic E-state index is 14.3. The van der Waals surface area contributed by atoms with Crippen molar-refractivity contribution in [3.8, 4) is 0 Å². The van der Waals surface area contributed by atoms with Gasteiger partial charge in [0.2, 0.25) is 76.8 Å². The van der Waals surface area contributed by atoms with Gasteiger partial charge in [-0.3, -0.25) is 72.1 Å². The largest absolute Gasteiger partial charge is 0.481 e. The minimum absolute atomic E-state index is 0.0361. The molecule has 93 heavy (non-hydrogen) atoms. The number of nitrogens with two attached hydrogens (primary N) is 5. The zero-order valence-electron chi connectivity index (χ0n) is 53.0. The van der Waals surface area contributed by atoms with E-state index in [1.54, 1.807) is 34.0 Å². The highest BCUT2D eigenvalue weighted by Gasteiger charge is 2.37. The Balaban J connectivity index is 3.54. The number of aliphatic imine (C=N–C) groups is 1. The van der Waals surface area contributed by atoms with Crippen molar-refractivity contribution >= 4 is 106 Å². The maximum absolute atomic E-state index is 14.3. The number of nitrogens with zero attached hydrogens (tertiary/aromatic N) is 2. The number of hydrogen-bond donors (Lipinski definition) is 20. The summed E-state index contributed by atoms with van der Waals surface area (Å²) in [4.78, 5) is 208. The molecule has 11 atom stereocenters. The smallest absolute Gasteiger partial charge is 0.326 e. The number of hydrogen-bond acceptors (Lipinski definition) is 20. The Morgan fingerprint density at radius 3 is 1.61 bits per heavy atom. The highest BCUT2D eigenvalue weighted by Crippen LogP contribution is 2.13. The number of nitrogens with one attached hydrogen (secondary N) is 12. The predicted octanol–water partition coefficient (Wildman–Crippen LogP) is -7.34. The molecule has 1 heterocycles. The molecule has 0 aliphatic carbocycles. The summed E-state index contributed by atoms with van der Waals surface area (Å²) >= 11 is 1.22. The fourth-order valence-corrected chi connectivity index (χ4v) is 9.20. The number of H-pyrrole nitrogens is 1. The lowest BCUT2D eigenvalue weighted by Crippen LogP contribution is -2.62. The van der Waals surface area contributed by atoms with Crippen LogP contribution >= 0.6 is 11.8 Å². The van der Waals surface area contributed by atoms with Crippen LogP contribution < -0.4 is 87.2 Å². The van der Waals surface area contributed by atoms with Gasteiger partial charge in [-0.25, -0.2) is 9.78 Å². The number of amides is 13. The molecular formula is C55H93N19O18S. The number of carboxylic acids is 2. The number of unbranched alkanes of at least 4 members (excludes halogenated alkanes) is 1. The van der Waals surface area contributed by atoms with Crippen LogP contribution in [0.15, 0.2) is 17.5 Å². The number of aliphatic carboxylic acids is 2. The minimum atomic E-state index is -1.97. The van der Waals surface area contributed by atoms with Crippen LogP contribution in [-0.2, 0) is 78.3 Å². The lowest BCUT2D eigenvalue weighted by Gasteiger charge is -2.29. The fraction of sp³-hybridized carbons (Fsp3) is 0.655. The number of aromatic nitrogens is 2. The Bertz CT molecular complexity index is 2720. The molecule has 0 aliphatic rings. The number of aliphatic hydroxyl groups excluding tert-OH is 1. The summed E-state index contributed by atoms with van der Waals surface area (Å²) in [5.74, 6) is -16.9. The molecule has 13 amide bonds. The van der Waals surface area contributed by atoms with Crippen LogP contribution in [0, 0.1) is 11.8 Å². The monoisotopic (exact) mass is 1340 g/mol. The zero-order valence-corrected chi connectivity index (χ0v) is 53.8. The van der Waals surface area contributed by atoms with E-state index < -0.39 is 194 Å². The summed E-state index contributed by atoms with van der Waals surface area (Å²) in [7, 11) is 0. The first kappa shape index (κ1) is 81.8. The standard InChI is InChI=1S/C55H93N19O18S/c1-7-28(4)44(74-51(88)37(21-41(58)78)65-29(5)76)53(90)73-39(25-75)52(89)71-36(20-30-23-61-26-64-30)49(86)67-31(11-8-9-16-56)46(83)72-38(22-43(80)81)50(87)69-33(15-18-93-6)48(85)68-32(13-14-40(57)77)47(84)70-35(19-27(2)3)45(82)63-24-42(79)66-34(54(91)92)12-10-17-62-55(59)60/h23,26-28,31-39,44,75H,7-22,24-25,56H2,1-6H3,(H2,57,77)(H2,58,78)(H,61,64)(H,63,82)(H,65,76)(H,66,79)(H,67,86)(H,68,85)(H,69,87)(H,70,84)(H,71,89)(H,72,83)(H,73,90)(H,74,88)(H,80,81)(H,91,92)(H4,59,60,62)/t28-,31-,32-,33-,34-,35-,36-,37-,38-,39-,44-/m0/s1. The quantitative estimate of drug-likeness (QED) is 0.0164. The van der Waals surface area contributed by atoms with Crippen LogP contribution in [0.5, 0.6) is 0 Å². The van der Waals surface area contributed by atoms with Gasteiger partial charge in [0.15, 0.2) is 5.96 Å². The molecule has 0 unspecified atom stereocenters. The van der Waals surface area contributed by atoms with E-state index in [0.717, 1.165) is 6.92 Å². The molecule has 0 spiro atoms. The molecule has 1 aromatic heterocycles. The zero-order chi connectivity index (χ0) is 70.5. The highest BCUT2D eigenvalue weighted by atomic mass is 32.2. The molecule has 25 N–H and O–H groups in total. The number of aromatic amines is 1. The van der Waals surface area contributed by atoms with Crippen molar-refractivity contribution in [3.63, 3.8) is 0 Å². The average molecular weight is 1340 g/mol. The van der Waals surface area contributed by atoms with E-state index in [2.05, 4.69) is 73.4 Å². The Labute approximate surface area is 540 Å². The Morgan fingerprint density at radius 1 is 0.591 bits per heavy atom. The van der Waals surface area contributed by atoms with Gasteiger partial charge in [-0.15, -0.1) is 0 Å². The second kappa shape index (κ2) is 43.5. The minimum Gasteiger partial charge on any atom is -0.481 e. The Morgan fingerprint density at radius 2 is 1.11 bits per heavy atom. The molecule has 0 radical (unpaired) electrons. The van der Waals surface area contributed by atoms with Gasteiger partial charge in [0.05, 0.1) is 32.3 Å². The second-order valence-electron chi connectivity index (χ2n) is 22.1. The average Bonchev–Trinajstić information content (AvgIpc) is 2.18. The van der Waals surface area contributed by atoms with Gasteiger partial charge in [-0.1, -0.05) is 34.1 Å². The predicted molar refractivity (Wildman–Crippen MR) is 334 cm³/mol. The van der Waals surface area contributed by atoms with Gasteiger partial charge < -0.3 is 107 Å². The van der Waals surface area contributed by atoms with Gasteiger partial charge in [-0.2, -0.15) is 11.8 Å². The maximum Gasteiger partial charge on any atom is 0.326 e. The third-order valence-corrected chi connectivity index (χ3v) is 14.5. The molecule has 0 aliphatic heterocycles. The summed E-state index contributed by atoms with van der Waals surface area (Å²) in [5, 5.41) is 56.3. The summed E-state index contributed by atoms with van der Waals surface area (Å²) in [6.07, 6.45) is 1.63. The Kier molecular flexibility index (Phi) is 38.3. The second-order valence-corrected chi connectivity index (χ2v) is 23.1. The molecule has 1 rings (SSSR count). The SMILES string of the molecule is CC[C@H](C)[C@H](NC(=O)[C@H](CC(N)=O)NC(C)=O)C(=O)N[C@@H](CO)C(=O)N[C@@H](Cc1cnc[nH]1)C(=O)N[C@@H](CCCCN)C(=O)N[C@@H](CC(=O)O)C(=O)N[C@@H](CCSC)C(=O)N[C@@H](CCC(N)=O)C(=O)N[C@@H](CC(C)C)C(=O)NCC(=O)N[C@@H](CCCN=C(N)N)C(=O)O. The molecule has 38 heteroatoms. The third-order valence-electron chi connectivity index (χ3n) is 13.8. The van der Waals surface area contributed by atoms with Crippen molar-refractivity contribution in [1.29, 1.82) is 0 Å². The molecule has 0 saturated carbocycles. The first-order valence-electron chi connectivity index (χ1n) is 29.9. The lowest BCUT2D eigenvalue weighted by molar-refractivity contribution is -0.142. The molecule has 1 aromatic rings.